The molecule has 0 radical (unpaired) electrons. The van der Waals surface area contributed by atoms with Crippen molar-refractivity contribution in [3.8, 4) is 0 Å². The zero-order valence-corrected chi connectivity index (χ0v) is 14.1. The van der Waals surface area contributed by atoms with Crippen molar-refractivity contribution in [2.24, 2.45) is 0 Å². The third-order valence-corrected chi connectivity index (χ3v) is 4.65. The van der Waals surface area contributed by atoms with Crippen molar-refractivity contribution in [3.63, 3.8) is 0 Å². The molecule has 0 saturated carbocycles. The number of fused-ring (bicyclic) bond motifs is 1. The fraction of sp³-hybridized carbons (Fsp3) is 0.562. The number of benzene rings is 1. The highest BCUT2D eigenvalue weighted by atomic mass is 19.1. The summed E-state index contributed by atoms with van der Waals surface area (Å²) in [6, 6.07) is 1.99. The van der Waals surface area contributed by atoms with Gasteiger partial charge in [-0.2, -0.15) is 0 Å². The molecule has 2 aliphatic heterocycles. The number of carbonyl (C=O) groups is 1. The molecule has 0 N–H and O–H groups in total. The van der Waals surface area contributed by atoms with Gasteiger partial charge in [0, 0.05) is 25.7 Å². The molecular formula is C16H20FN3O5. The first-order valence-corrected chi connectivity index (χ1v) is 8.14. The van der Waals surface area contributed by atoms with E-state index in [1.165, 1.54) is 0 Å². The van der Waals surface area contributed by atoms with Crippen molar-refractivity contribution in [2.75, 3.05) is 44.8 Å². The Bertz CT molecular complexity index is 699. The Balaban J connectivity index is 2.00. The summed E-state index contributed by atoms with van der Waals surface area (Å²) in [7, 11) is 1.97. The maximum absolute atomic E-state index is 14.7. The molecule has 2 saturated heterocycles. The summed E-state index contributed by atoms with van der Waals surface area (Å²) in [5, 5.41) is 11.0. The van der Waals surface area contributed by atoms with Crippen LogP contribution >= 0.6 is 0 Å². The van der Waals surface area contributed by atoms with Gasteiger partial charge in [-0.1, -0.05) is 0 Å². The number of hydrogen-bond acceptors (Lipinski definition) is 7. The van der Waals surface area contributed by atoms with E-state index in [9.17, 15) is 19.3 Å². The number of hydrogen-bond donors (Lipinski definition) is 0. The first kappa shape index (κ1) is 17.6. The SMILES string of the molecule is CCOC(=O)c1cc([N+](=O)[O-])cc(F)c1N1CC2OCCN(C)C2C1. The van der Waals surface area contributed by atoms with Crippen LogP contribution in [0, 0.1) is 15.9 Å². The van der Waals surface area contributed by atoms with Crippen LogP contribution in [0.5, 0.6) is 0 Å². The summed E-state index contributed by atoms with van der Waals surface area (Å²) < 4.78 is 25.4. The van der Waals surface area contributed by atoms with Gasteiger partial charge in [0.15, 0.2) is 5.82 Å². The number of esters is 1. The van der Waals surface area contributed by atoms with Gasteiger partial charge in [0.1, 0.15) is 0 Å². The van der Waals surface area contributed by atoms with E-state index in [-0.39, 0.29) is 30.0 Å². The molecule has 0 amide bonds. The van der Waals surface area contributed by atoms with Crippen LogP contribution in [0.2, 0.25) is 0 Å². The molecule has 2 aliphatic rings. The second-order valence-corrected chi connectivity index (χ2v) is 6.16. The van der Waals surface area contributed by atoms with E-state index in [1.807, 2.05) is 7.05 Å². The number of nitrogens with zero attached hydrogens (tertiary/aromatic N) is 3. The normalized spacial score (nSPS) is 23.4. The Kier molecular flexibility index (Phi) is 4.87. The first-order valence-electron chi connectivity index (χ1n) is 8.14. The van der Waals surface area contributed by atoms with Gasteiger partial charge in [0.2, 0.25) is 0 Å². The fourth-order valence-corrected chi connectivity index (χ4v) is 3.42. The van der Waals surface area contributed by atoms with Crippen LogP contribution in [-0.2, 0) is 9.47 Å². The molecule has 2 atom stereocenters. The Morgan fingerprint density at radius 2 is 2.24 bits per heavy atom. The average molecular weight is 353 g/mol. The summed E-state index contributed by atoms with van der Waals surface area (Å²) in [6.07, 6.45) is -0.0941. The standard InChI is InChI=1S/C16H20FN3O5/c1-3-24-16(21)11-6-10(20(22)23)7-12(17)15(11)19-8-13-14(9-19)25-5-4-18(13)2/h6-7,13-14H,3-5,8-9H2,1-2H3. The quantitative estimate of drug-likeness (QED) is 0.460. The average Bonchev–Trinajstić information content (AvgIpc) is 2.99. The van der Waals surface area contributed by atoms with Gasteiger partial charge in [0.25, 0.3) is 5.69 Å². The van der Waals surface area contributed by atoms with Gasteiger partial charge >= 0.3 is 5.97 Å². The highest BCUT2D eigenvalue weighted by Crippen LogP contribution is 2.34. The van der Waals surface area contributed by atoms with Gasteiger partial charge in [0.05, 0.1) is 47.6 Å². The highest BCUT2D eigenvalue weighted by molar-refractivity contribution is 5.97. The Hall–Kier alpha value is -2.26. The summed E-state index contributed by atoms with van der Waals surface area (Å²) in [5.74, 6) is -1.58. The lowest BCUT2D eigenvalue weighted by atomic mass is 10.1. The number of non-ortho nitro benzene ring substituents is 1. The number of nitro groups is 1. The van der Waals surface area contributed by atoms with Crippen LogP contribution in [0.4, 0.5) is 15.8 Å². The van der Waals surface area contributed by atoms with Crippen molar-refractivity contribution in [3.05, 3.63) is 33.6 Å². The van der Waals surface area contributed by atoms with Crippen molar-refractivity contribution in [2.45, 2.75) is 19.1 Å². The van der Waals surface area contributed by atoms with Gasteiger partial charge in [-0.05, 0) is 14.0 Å². The molecule has 3 rings (SSSR count). The fourth-order valence-electron chi connectivity index (χ4n) is 3.42. The van der Waals surface area contributed by atoms with Crippen molar-refractivity contribution >= 4 is 17.3 Å². The zero-order chi connectivity index (χ0) is 18.1. The Morgan fingerprint density at radius 3 is 2.88 bits per heavy atom. The number of carbonyl (C=O) groups excluding carboxylic acids is 1. The number of rotatable bonds is 4. The molecule has 9 heteroatoms. The van der Waals surface area contributed by atoms with E-state index in [0.29, 0.717) is 19.7 Å². The predicted molar refractivity (Wildman–Crippen MR) is 87.4 cm³/mol. The van der Waals surface area contributed by atoms with E-state index in [4.69, 9.17) is 9.47 Å². The molecule has 1 aromatic rings. The van der Waals surface area contributed by atoms with Crippen molar-refractivity contribution in [1.29, 1.82) is 0 Å². The lowest BCUT2D eigenvalue weighted by Crippen LogP contribution is -2.48. The molecule has 0 bridgehead atoms. The summed E-state index contributed by atoms with van der Waals surface area (Å²) in [4.78, 5) is 26.4. The molecule has 2 fully saturated rings. The minimum Gasteiger partial charge on any atom is -0.462 e. The third-order valence-electron chi connectivity index (χ3n) is 4.65. The number of likely N-dealkylation sites (N-methyl/N-ethyl adjacent to an activating group) is 1. The Morgan fingerprint density at radius 1 is 1.48 bits per heavy atom. The van der Waals surface area contributed by atoms with Gasteiger partial charge < -0.3 is 14.4 Å². The zero-order valence-electron chi connectivity index (χ0n) is 14.1. The lowest BCUT2D eigenvalue weighted by Gasteiger charge is -2.33. The van der Waals surface area contributed by atoms with Crippen LogP contribution in [0.15, 0.2) is 12.1 Å². The number of anilines is 1. The largest absolute Gasteiger partial charge is 0.462 e. The van der Waals surface area contributed by atoms with Gasteiger partial charge in [-0.15, -0.1) is 0 Å². The van der Waals surface area contributed by atoms with Crippen LogP contribution in [0.3, 0.4) is 0 Å². The van der Waals surface area contributed by atoms with E-state index < -0.39 is 22.4 Å². The molecule has 0 spiro atoms. The van der Waals surface area contributed by atoms with Crippen LogP contribution in [0.25, 0.3) is 0 Å². The second-order valence-electron chi connectivity index (χ2n) is 6.16. The van der Waals surface area contributed by atoms with Gasteiger partial charge in [-0.25, -0.2) is 9.18 Å². The molecule has 2 heterocycles. The number of halogens is 1. The van der Waals surface area contributed by atoms with E-state index in [0.717, 1.165) is 18.7 Å². The maximum atomic E-state index is 14.7. The predicted octanol–water partition coefficient (Wildman–Crippen LogP) is 1.43. The number of ether oxygens (including phenoxy) is 2. The van der Waals surface area contributed by atoms with E-state index in [2.05, 4.69) is 4.90 Å². The Labute approximate surface area is 144 Å². The molecule has 1 aromatic carbocycles. The van der Waals surface area contributed by atoms with E-state index >= 15 is 0 Å². The van der Waals surface area contributed by atoms with Crippen LogP contribution in [-0.4, -0.2) is 67.8 Å². The van der Waals surface area contributed by atoms with E-state index in [1.54, 1.807) is 11.8 Å². The molecule has 25 heavy (non-hydrogen) atoms. The molecule has 2 unspecified atom stereocenters. The molecule has 0 aliphatic carbocycles. The smallest absolute Gasteiger partial charge is 0.340 e. The molecule has 0 aromatic heterocycles. The third kappa shape index (κ3) is 3.29. The first-order chi connectivity index (χ1) is 11.9. The molecular weight excluding hydrogens is 333 g/mol. The van der Waals surface area contributed by atoms with Crippen LogP contribution in [0.1, 0.15) is 17.3 Å². The van der Waals surface area contributed by atoms with Crippen LogP contribution < -0.4 is 4.90 Å². The van der Waals surface area contributed by atoms with Crippen molar-refractivity contribution < 1.29 is 23.6 Å². The lowest BCUT2D eigenvalue weighted by molar-refractivity contribution is -0.385. The minimum atomic E-state index is -0.807. The topological polar surface area (TPSA) is 85.1 Å². The minimum absolute atomic E-state index is 0.0375. The number of nitro benzene ring substituents is 1. The molecule has 8 nitrogen and oxygen atoms in total. The summed E-state index contributed by atoms with van der Waals surface area (Å²) in [6.45, 7) is 3.98. The molecule has 136 valence electrons. The van der Waals surface area contributed by atoms with Crippen molar-refractivity contribution in [1.82, 2.24) is 4.90 Å². The highest BCUT2D eigenvalue weighted by Gasteiger charge is 2.41. The van der Waals surface area contributed by atoms with Gasteiger partial charge in [-0.3, -0.25) is 15.0 Å². The summed E-state index contributed by atoms with van der Waals surface area (Å²) >= 11 is 0. The second kappa shape index (κ2) is 6.93. The summed E-state index contributed by atoms with van der Waals surface area (Å²) in [5.41, 5.74) is -0.570. The number of morpholine rings is 1. The monoisotopic (exact) mass is 353 g/mol. The maximum Gasteiger partial charge on any atom is 0.340 e.